The molecule has 1 aromatic rings. The molecular formula is C15H18Cl2N4O2. The number of carbonyl (C=O) groups is 1. The smallest absolute Gasteiger partial charge is 0.269 e. The monoisotopic (exact) mass is 356 g/mol. The predicted molar refractivity (Wildman–Crippen MR) is 89.2 cm³/mol. The summed E-state index contributed by atoms with van der Waals surface area (Å²) in [5, 5.41) is 9.79. The number of hydrogen-bond acceptors (Lipinski definition) is 5. The van der Waals surface area contributed by atoms with Gasteiger partial charge in [-0.05, 0) is 18.7 Å². The highest BCUT2D eigenvalue weighted by molar-refractivity contribution is 6.49. The van der Waals surface area contributed by atoms with Crippen LogP contribution in [0.15, 0.2) is 28.4 Å². The molecule has 0 radical (unpaired) electrons. The van der Waals surface area contributed by atoms with Crippen molar-refractivity contribution in [2.24, 2.45) is 0 Å². The van der Waals surface area contributed by atoms with E-state index in [1.165, 1.54) is 4.90 Å². The molecule has 3 rings (SSSR count). The van der Waals surface area contributed by atoms with E-state index in [2.05, 4.69) is 21.8 Å². The number of amides is 1. The number of aliphatic hydroxyl groups is 1. The lowest BCUT2D eigenvalue weighted by Gasteiger charge is -2.33. The summed E-state index contributed by atoms with van der Waals surface area (Å²) in [6, 6.07) is 3.84. The Hall–Kier alpha value is -1.34. The molecule has 0 aliphatic carbocycles. The Morgan fingerprint density at radius 1 is 1.26 bits per heavy atom. The summed E-state index contributed by atoms with van der Waals surface area (Å²) < 4.78 is 0. The largest absolute Gasteiger partial charge is 0.368 e. The molecule has 3 heterocycles. The van der Waals surface area contributed by atoms with Crippen LogP contribution >= 0.6 is 23.2 Å². The van der Waals surface area contributed by atoms with E-state index in [0.29, 0.717) is 0 Å². The van der Waals surface area contributed by atoms with Gasteiger partial charge < -0.3 is 19.8 Å². The minimum atomic E-state index is -1.19. The lowest BCUT2D eigenvalue weighted by atomic mass is 10.2. The van der Waals surface area contributed by atoms with Gasteiger partial charge in [-0.15, -0.1) is 0 Å². The molecule has 1 fully saturated rings. The van der Waals surface area contributed by atoms with Gasteiger partial charge in [0.15, 0.2) is 6.23 Å². The molecule has 0 saturated carbocycles. The van der Waals surface area contributed by atoms with Crippen LogP contribution in [0.25, 0.3) is 0 Å². The van der Waals surface area contributed by atoms with Crippen molar-refractivity contribution in [3.05, 3.63) is 34.0 Å². The number of carbonyl (C=O) groups excluding carboxylic acids is 1. The quantitative estimate of drug-likeness (QED) is 0.881. The number of piperazine rings is 1. The van der Waals surface area contributed by atoms with Crippen molar-refractivity contribution in [1.29, 1.82) is 0 Å². The summed E-state index contributed by atoms with van der Waals surface area (Å²) in [7, 11) is 2.11. The van der Waals surface area contributed by atoms with Crippen molar-refractivity contribution in [1.82, 2.24) is 14.8 Å². The molecule has 1 saturated heterocycles. The molecular weight excluding hydrogens is 339 g/mol. The fourth-order valence-corrected chi connectivity index (χ4v) is 3.08. The Morgan fingerprint density at radius 2 is 1.96 bits per heavy atom. The van der Waals surface area contributed by atoms with Gasteiger partial charge in [-0.25, -0.2) is 4.98 Å². The van der Waals surface area contributed by atoms with Crippen LogP contribution in [-0.2, 0) is 11.3 Å². The first-order valence-electron chi connectivity index (χ1n) is 7.40. The molecule has 1 unspecified atom stereocenters. The van der Waals surface area contributed by atoms with E-state index >= 15 is 0 Å². The lowest BCUT2D eigenvalue weighted by molar-refractivity contribution is -0.132. The van der Waals surface area contributed by atoms with Gasteiger partial charge in [0.05, 0.1) is 11.6 Å². The van der Waals surface area contributed by atoms with Gasteiger partial charge in [0.2, 0.25) is 0 Å². The normalized spacial score (nSPS) is 23.1. The van der Waals surface area contributed by atoms with Crippen LogP contribution in [0.5, 0.6) is 0 Å². The van der Waals surface area contributed by atoms with Crippen molar-refractivity contribution < 1.29 is 9.90 Å². The van der Waals surface area contributed by atoms with E-state index in [9.17, 15) is 9.90 Å². The fraction of sp³-hybridized carbons (Fsp3) is 0.467. The minimum absolute atomic E-state index is 0.0290. The maximum absolute atomic E-state index is 11.9. The third kappa shape index (κ3) is 3.30. The van der Waals surface area contributed by atoms with Crippen LogP contribution in [0.2, 0.25) is 0 Å². The average Bonchev–Trinajstić information content (AvgIpc) is 2.74. The maximum Gasteiger partial charge on any atom is 0.269 e. The van der Waals surface area contributed by atoms with Gasteiger partial charge in [-0.3, -0.25) is 4.79 Å². The van der Waals surface area contributed by atoms with E-state index in [0.717, 1.165) is 37.6 Å². The van der Waals surface area contributed by atoms with Gasteiger partial charge >= 0.3 is 0 Å². The van der Waals surface area contributed by atoms with Crippen LogP contribution in [-0.4, -0.2) is 65.3 Å². The van der Waals surface area contributed by atoms with Crippen LogP contribution in [0.3, 0.4) is 0 Å². The van der Waals surface area contributed by atoms with E-state index in [1.54, 1.807) is 6.20 Å². The van der Waals surface area contributed by atoms with Gasteiger partial charge in [0.25, 0.3) is 5.91 Å². The van der Waals surface area contributed by atoms with Gasteiger partial charge in [-0.2, -0.15) is 0 Å². The molecule has 23 heavy (non-hydrogen) atoms. The highest BCUT2D eigenvalue weighted by Crippen LogP contribution is 2.31. The van der Waals surface area contributed by atoms with Gasteiger partial charge in [-0.1, -0.05) is 29.3 Å². The van der Waals surface area contributed by atoms with Crippen molar-refractivity contribution in [3.8, 4) is 0 Å². The number of pyridine rings is 1. The summed E-state index contributed by atoms with van der Waals surface area (Å²) in [5.41, 5.74) is 0.811. The number of aliphatic hydroxyl groups excluding tert-OH is 1. The number of anilines is 1. The number of hydrogen-bond donors (Lipinski definition) is 1. The third-order valence-electron chi connectivity index (χ3n) is 4.17. The fourth-order valence-electron chi connectivity index (χ4n) is 2.68. The minimum Gasteiger partial charge on any atom is -0.368 e. The van der Waals surface area contributed by atoms with E-state index in [-0.39, 0.29) is 16.6 Å². The Labute approximate surface area is 144 Å². The zero-order chi connectivity index (χ0) is 16.6. The highest BCUT2D eigenvalue weighted by Gasteiger charge is 2.36. The topological polar surface area (TPSA) is 59.9 Å². The third-order valence-corrected chi connectivity index (χ3v) is 5.02. The summed E-state index contributed by atoms with van der Waals surface area (Å²) in [4.78, 5) is 22.1. The predicted octanol–water partition coefficient (Wildman–Crippen LogP) is 1.18. The molecule has 2 aliphatic rings. The standard InChI is InChI=1S/C15H18Cl2N4O2/c1-19-4-6-20(7-5-19)11-3-2-10(8-18-11)9-21-14(22)12(16)13(17)15(21)23/h2-3,8,14,22H,4-7,9H2,1H3. The summed E-state index contributed by atoms with van der Waals surface area (Å²) in [6.07, 6.45) is 0.530. The number of aromatic nitrogens is 1. The summed E-state index contributed by atoms with van der Waals surface area (Å²) >= 11 is 11.6. The maximum atomic E-state index is 11.9. The zero-order valence-electron chi connectivity index (χ0n) is 12.7. The first-order chi connectivity index (χ1) is 11.0. The Kier molecular flexibility index (Phi) is 4.77. The van der Waals surface area contributed by atoms with Crippen LogP contribution in [0, 0.1) is 0 Å². The SMILES string of the molecule is CN1CCN(c2ccc(CN3C(=O)C(Cl)=C(Cl)C3O)cn2)CC1. The lowest BCUT2D eigenvalue weighted by Crippen LogP contribution is -2.44. The van der Waals surface area contributed by atoms with Crippen molar-refractivity contribution in [3.63, 3.8) is 0 Å². The summed E-state index contributed by atoms with van der Waals surface area (Å²) in [6.45, 7) is 4.13. The second-order valence-corrected chi connectivity index (χ2v) is 6.57. The van der Waals surface area contributed by atoms with Crippen LogP contribution in [0.1, 0.15) is 5.56 Å². The molecule has 2 aliphatic heterocycles. The van der Waals surface area contributed by atoms with Crippen molar-refractivity contribution in [2.75, 3.05) is 38.1 Å². The average molecular weight is 357 g/mol. The molecule has 0 bridgehead atoms. The highest BCUT2D eigenvalue weighted by atomic mass is 35.5. The first-order valence-corrected chi connectivity index (χ1v) is 8.15. The van der Waals surface area contributed by atoms with Crippen LogP contribution < -0.4 is 4.90 Å². The Bertz CT molecular complexity index is 627. The molecule has 0 aromatic carbocycles. The van der Waals surface area contributed by atoms with Gasteiger partial charge in [0, 0.05) is 32.4 Å². The molecule has 6 nitrogen and oxygen atoms in total. The second-order valence-electron chi connectivity index (χ2n) is 5.78. The number of halogens is 2. The molecule has 1 amide bonds. The Balaban J connectivity index is 1.66. The molecule has 124 valence electrons. The van der Waals surface area contributed by atoms with E-state index < -0.39 is 12.1 Å². The van der Waals surface area contributed by atoms with Crippen molar-refractivity contribution in [2.45, 2.75) is 12.8 Å². The molecule has 0 spiro atoms. The van der Waals surface area contributed by atoms with E-state index in [4.69, 9.17) is 23.2 Å². The van der Waals surface area contributed by atoms with Crippen molar-refractivity contribution >= 4 is 34.9 Å². The number of rotatable bonds is 3. The number of nitrogens with zero attached hydrogens (tertiary/aromatic N) is 4. The van der Waals surface area contributed by atoms with Crippen LogP contribution in [0.4, 0.5) is 5.82 Å². The summed E-state index contributed by atoms with van der Waals surface area (Å²) in [5.74, 6) is 0.455. The first kappa shape index (κ1) is 16.5. The molecule has 8 heteroatoms. The van der Waals surface area contributed by atoms with E-state index in [1.807, 2.05) is 12.1 Å². The van der Waals surface area contributed by atoms with Gasteiger partial charge in [0.1, 0.15) is 10.9 Å². The zero-order valence-corrected chi connectivity index (χ0v) is 14.3. The molecule has 1 atom stereocenters. The number of likely N-dealkylation sites (N-methyl/N-ethyl adjacent to an activating group) is 1. The second kappa shape index (κ2) is 6.65. The Morgan fingerprint density at radius 3 is 2.48 bits per heavy atom. The molecule has 1 N–H and O–H groups in total. The molecule has 1 aromatic heterocycles.